The van der Waals surface area contributed by atoms with Crippen molar-refractivity contribution >= 4 is 22.6 Å². The van der Waals surface area contributed by atoms with Crippen LogP contribution in [0.4, 0.5) is 13.2 Å². The normalized spacial score (nSPS) is 12.4. The molecule has 0 fully saturated rings. The lowest BCUT2D eigenvalue weighted by Gasteiger charge is -2.12. The summed E-state index contributed by atoms with van der Waals surface area (Å²) >= 11 is 0. The molecule has 0 bridgehead atoms. The Labute approximate surface area is 156 Å². The molecule has 0 aliphatic heterocycles. The number of imidazole rings is 1. The van der Waals surface area contributed by atoms with Gasteiger partial charge < -0.3 is 14.8 Å². The van der Waals surface area contributed by atoms with E-state index in [1.54, 1.807) is 30.3 Å². The van der Waals surface area contributed by atoms with Crippen molar-refractivity contribution in [1.82, 2.24) is 9.97 Å². The predicted molar refractivity (Wildman–Crippen MR) is 93.0 cm³/mol. The molecule has 0 unspecified atom stereocenters. The second-order valence-electron chi connectivity index (χ2n) is 5.66. The first kappa shape index (κ1) is 19.0. The van der Waals surface area contributed by atoms with E-state index in [4.69, 9.17) is 4.74 Å². The summed E-state index contributed by atoms with van der Waals surface area (Å²) in [6.07, 6.45) is -4.74. The molecule has 0 aliphatic carbocycles. The summed E-state index contributed by atoms with van der Waals surface area (Å²) < 4.78 is 43.7. The number of aromatic nitrogens is 2. The maximum absolute atomic E-state index is 13.0. The van der Waals surface area contributed by atoms with Crippen LogP contribution < -0.4 is 0 Å². The fraction of sp³-hybridized carbons (Fsp3) is 0.105. The summed E-state index contributed by atoms with van der Waals surface area (Å²) in [4.78, 5) is 19.0. The Balaban J connectivity index is 1.83. The van der Waals surface area contributed by atoms with Crippen molar-refractivity contribution in [2.45, 2.75) is 6.18 Å². The van der Waals surface area contributed by atoms with Crippen LogP contribution in [0, 0.1) is 11.3 Å². The average Bonchev–Trinajstić information content (AvgIpc) is 3.09. The minimum Gasteiger partial charge on any atom is -0.507 e. The highest BCUT2D eigenvalue weighted by atomic mass is 19.4. The molecule has 3 aromatic rings. The maximum atomic E-state index is 13.0. The van der Waals surface area contributed by atoms with E-state index in [9.17, 15) is 28.3 Å². The number of aromatic amines is 1. The molecule has 0 radical (unpaired) electrons. The topological polar surface area (TPSA) is 99.0 Å². The number of nitriles is 1. The molecule has 2 aromatic carbocycles. The van der Waals surface area contributed by atoms with Crippen LogP contribution in [-0.2, 0) is 10.9 Å². The Morgan fingerprint density at radius 3 is 2.54 bits per heavy atom. The zero-order valence-corrected chi connectivity index (χ0v) is 14.1. The van der Waals surface area contributed by atoms with E-state index in [1.165, 1.54) is 6.07 Å². The number of aliphatic hydroxyl groups excluding tert-OH is 1. The fourth-order valence-corrected chi connectivity index (χ4v) is 2.52. The molecule has 2 N–H and O–H groups in total. The van der Waals surface area contributed by atoms with Gasteiger partial charge in [0.05, 0.1) is 22.2 Å². The molecule has 0 amide bonds. The van der Waals surface area contributed by atoms with Gasteiger partial charge in [0.15, 0.2) is 11.6 Å². The summed E-state index contributed by atoms with van der Waals surface area (Å²) in [5, 5.41) is 19.4. The fourth-order valence-electron chi connectivity index (χ4n) is 2.52. The van der Waals surface area contributed by atoms with E-state index < -0.39 is 35.6 Å². The monoisotopic (exact) mass is 387 g/mol. The highest BCUT2D eigenvalue weighted by molar-refractivity contribution is 5.91. The lowest BCUT2D eigenvalue weighted by atomic mass is 10.1. The largest absolute Gasteiger partial charge is 0.507 e. The van der Waals surface area contributed by atoms with E-state index in [1.807, 2.05) is 0 Å². The van der Waals surface area contributed by atoms with Crippen LogP contribution in [0.25, 0.3) is 16.6 Å². The number of halogens is 3. The first-order chi connectivity index (χ1) is 13.3. The number of para-hydroxylation sites is 2. The van der Waals surface area contributed by atoms with Gasteiger partial charge in [0.1, 0.15) is 18.2 Å². The summed E-state index contributed by atoms with van der Waals surface area (Å²) in [6.45, 7) is -0.787. The second kappa shape index (κ2) is 7.44. The summed E-state index contributed by atoms with van der Waals surface area (Å²) in [7, 11) is 0. The number of carbonyl (C=O) groups is 1. The number of nitrogens with zero attached hydrogens (tertiary/aromatic N) is 2. The van der Waals surface area contributed by atoms with Crippen molar-refractivity contribution in [2.75, 3.05) is 6.61 Å². The Hall–Kier alpha value is -3.80. The third-order valence-corrected chi connectivity index (χ3v) is 3.82. The summed E-state index contributed by atoms with van der Waals surface area (Å²) in [5.41, 5.74) is -0.956. The number of nitrogens with one attached hydrogen (secondary N) is 1. The zero-order chi connectivity index (χ0) is 20.3. The first-order valence-electron chi connectivity index (χ1n) is 7.92. The van der Waals surface area contributed by atoms with Gasteiger partial charge in [-0.25, -0.2) is 9.78 Å². The molecule has 1 heterocycles. The number of alkyl halides is 3. The van der Waals surface area contributed by atoms with Gasteiger partial charge in [-0.2, -0.15) is 18.4 Å². The Morgan fingerprint density at radius 1 is 1.18 bits per heavy atom. The predicted octanol–water partition coefficient (Wildman–Crippen LogP) is 4.23. The van der Waals surface area contributed by atoms with Crippen LogP contribution in [0.5, 0.6) is 0 Å². The van der Waals surface area contributed by atoms with Gasteiger partial charge in [-0.1, -0.05) is 24.3 Å². The molecule has 0 atom stereocenters. The third kappa shape index (κ3) is 3.81. The standard InChI is InChI=1S/C19H12F3N3O3/c20-19(21,22)13-6-2-1-5-11(13)18(27)28-10-16(26)12(9-23)17-24-14-7-3-4-8-15(14)25-17/h1-8,26H,10H2,(H,24,25)/b16-12+. The van der Waals surface area contributed by atoms with Gasteiger partial charge >= 0.3 is 12.1 Å². The number of carbonyl (C=O) groups excluding carboxylic acids is 1. The molecule has 28 heavy (non-hydrogen) atoms. The number of esters is 1. The zero-order valence-electron chi connectivity index (χ0n) is 14.1. The lowest BCUT2D eigenvalue weighted by molar-refractivity contribution is -0.138. The van der Waals surface area contributed by atoms with Crippen molar-refractivity contribution in [3.8, 4) is 6.07 Å². The minimum atomic E-state index is -4.74. The van der Waals surface area contributed by atoms with Crippen LogP contribution in [0.3, 0.4) is 0 Å². The molecule has 0 spiro atoms. The third-order valence-electron chi connectivity index (χ3n) is 3.82. The summed E-state index contributed by atoms with van der Waals surface area (Å²) in [6, 6.07) is 12.8. The van der Waals surface area contributed by atoms with Gasteiger partial charge in [-0.15, -0.1) is 0 Å². The van der Waals surface area contributed by atoms with E-state index in [0.717, 1.165) is 18.2 Å². The number of H-pyrrole nitrogens is 1. The van der Waals surface area contributed by atoms with Crippen LogP contribution in [0.2, 0.25) is 0 Å². The molecule has 0 aliphatic rings. The van der Waals surface area contributed by atoms with E-state index in [2.05, 4.69) is 9.97 Å². The van der Waals surface area contributed by atoms with E-state index >= 15 is 0 Å². The van der Waals surface area contributed by atoms with Crippen LogP contribution >= 0.6 is 0 Å². The van der Waals surface area contributed by atoms with Crippen molar-refractivity contribution < 1.29 is 27.8 Å². The number of allylic oxidation sites excluding steroid dienone is 1. The lowest BCUT2D eigenvalue weighted by Crippen LogP contribution is -2.16. The number of benzene rings is 2. The number of hydrogen-bond acceptors (Lipinski definition) is 5. The SMILES string of the molecule is N#C/C(=C(\O)COC(=O)c1ccccc1C(F)(F)F)c1nc2ccccc2[nH]1. The highest BCUT2D eigenvalue weighted by Crippen LogP contribution is 2.32. The van der Waals surface area contributed by atoms with Gasteiger partial charge in [0, 0.05) is 0 Å². The Morgan fingerprint density at radius 2 is 1.86 bits per heavy atom. The van der Waals surface area contributed by atoms with Gasteiger partial charge in [0.2, 0.25) is 0 Å². The van der Waals surface area contributed by atoms with Crippen molar-refractivity contribution in [1.29, 1.82) is 5.26 Å². The average molecular weight is 387 g/mol. The smallest absolute Gasteiger partial charge is 0.417 e. The number of rotatable bonds is 4. The van der Waals surface area contributed by atoms with Gasteiger partial charge in [0.25, 0.3) is 0 Å². The quantitative estimate of drug-likeness (QED) is 0.397. The first-order valence-corrected chi connectivity index (χ1v) is 7.92. The molecule has 3 rings (SSSR count). The van der Waals surface area contributed by atoms with Gasteiger partial charge in [-0.05, 0) is 24.3 Å². The van der Waals surface area contributed by atoms with E-state index in [0.29, 0.717) is 11.0 Å². The summed E-state index contributed by atoms with van der Waals surface area (Å²) in [5.74, 6) is -1.87. The molecular formula is C19H12F3N3O3. The number of ether oxygens (including phenoxy) is 1. The Kier molecular flexibility index (Phi) is 5.04. The number of aliphatic hydroxyl groups is 1. The molecular weight excluding hydrogens is 375 g/mol. The maximum Gasteiger partial charge on any atom is 0.417 e. The molecule has 0 saturated carbocycles. The van der Waals surface area contributed by atoms with Crippen LogP contribution in [0.15, 0.2) is 54.3 Å². The molecule has 0 saturated heterocycles. The van der Waals surface area contributed by atoms with Crippen LogP contribution in [-0.4, -0.2) is 27.7 Å². The van der Waals surface area contributed by atoms with Crippen LogP contribution in [0.1, 0.15) is 21.7 Å². The molecule has 1 aromatic heterocycles. The van der Waals surface area contributed by atoms with Crippen molar-refractivity contribution in [3.63, 3.8) is 0 Å². The van der Waals surface area contributed by atoms with Gasteiger partial charge in [-0.3, -0.25) is 0 Å². The Bertz CT molecular complexity index is 1080. The van der Waals surface area contributed by atoms with E-state index in [-0.39, 0.29) is 11.4 Å². The number of fused-ring (bicyclic) bond motifs is 1. The van der Waals surface area contributed by atoms with Crippen molar-refractivity contribution in [3.05, 3.63) is 71.2 Å². The minimum absolute atomic E-state index is 0.0490. The number of hydrogen-bond donors (Lipinski definition) is 2. The highest BCUT2D eigenvalue weighted by Gasteiger charge is 2.35. The van der Waals surface area contributed by atoms with Crippen molar-refractivity contribution in [2.24, 2.45) is 0 Å². The second-order valence-corrected chi connectivity index (χ2v) is 5.66. The molecule has 6 nitrogen and oxygen atoms in total. The molecule has 9 heteroatoms. The molecule has 142 valence electrons.